The van der Waals surface area contributed by atoms with Gasteiger partial charge in [0.15, 0.2) is 5.96 Å². The second-order valence-electron chi connectivity index (χ2n) is 6.27. The van der Waals surface area contributed by atoms with Gasteiger partial charge in [-0.05, 0) is 40.4 Å². The van der Waals surface area contributed by atoms with E-state index in [4.69, 9.17) is 4.74 Å². The molecule has 0 aliphatic carbocycles. The highest BCUT2D eigenvalue weighted by Crippen LogP contribution is 2.07. The van der Waals surface area contributed by atoms with Crippen molar-refractivity contribution in [1.29, 1.82) is 0 Å². The van der Waals surface area contributed by atoms with Crippen molar-refractivity contribution in [3.63, 3.8) is 0 Å². The summed E-state index contributed by atoms with van der Waals surface area (Å²) in [5.41, 5.74) is -0.488. The average molecular weight is 474 g/mol. The Balaban J connectivity index is 0. The van der Waals surface area contributed by atoms with E-state index in [1.807, 2.05) is 27.7 Å². The summed E-state index contributed by atoms with van der Waals surface area (Å²) in [7, 11) is 0. The van der Waals surface area contributed by atoms with E-state index in [9.17, 15) is 4.79 Å². The number of ether oxygens (including phenoxy) is 1. The normalized spacial score (nSPS) is 12.8. The molecule has 1 amide bonds. The average Bonchev–Trinajstić information content (AvgIpc) is 2.42. The maximum atomic E-state index is 11.9. The molecule has 0 fully saturated rings. The molecule has 0 aromatic rings. The van der Waals surface area contributed by atoms with E-state index in [0.29, 0.717) is 6.54 Å². The van der Waals surface area contributed by atoms with Gasteiger partial charge in [-0.1, -0.05) is 13.3 Å². The second-order valence-corrected chi connectivity index (χ2v) is 7.26. The van der Waals surface area contributed by atoms with Crippen molar-refractivity contribution in [1.82, 2.24) is 16.0 Å². The molecule has 8 heteroatoms. The lowest BCUT2D eigenvalue weighted by Gasteiger charge is -2.23. The summed E-state index contributed by atoms with van der Waals surface area (Å²) in [6.45, 7) is 11.9. The number of rotatable bonds is 9. The van der Waals surface area contributed by atoms with Crippen LogP contribution in [-0.4, -0.2) is 55.3 Å². The maximum Gasteiger partial charge on any atom is 0.407 e. The van der Waals surface area contributed by atoms with Crippen molar-refractivity contribution >= 4 is 47.8 Å². The molecule has 0 rings (SSSR count). The van der Waals surface area contributed by atoms with Gasteiger partial charge in [0.05, 0.1) is 12.6 Å². The Morgan fingerprint density at radius 2 is 1.92 bits per heavy atom. The molecule has 0 saturated carbocycles. The van der Waals surface area contributed by atoms with Gasteiger partial charge >= 0.3 is 6.09 Å². The number of halogens is 1. The Morgan fingerprint density at radius 3 is 2.42 bits per heavy atom. The molecule has 0 aromatic heterocycles. The van der Waals surface area contributed by atoms with Crippen LogP contribution in [-0.2, 0) is 4.74 Å². The highest BCUT2D eigenvalue weighted by Gasteiger charge is 2.19. The molecule has 0 saturated heterocycles. The van der Waals surface area contributed by atoms with Gasteiger partial charge in [-0.2, -0.15) is 11.8 Å². The third-order valence-corrected chi connectivity index (χ3v) is 3.38. The van der Waals surface area contributed by atoms with Crippen molar-refractivity contribution in [3.05, 3.63) is 0 Å². The predicted octanol–water partition coefficient (Wildman–Crippen LogP) is 3.22. The summed E-state index contributed by atoms with van der Waals surface area (Å²) in [5.74, 6) is 1.81. The first kappa shape index (κ1) is 25.9. The van der Waals surface area contributed by atoms with Gasteiger partial charge in [-0.3, -0.25) is 4.99 Å². The topological polar surface area (TPSA) is 74.8 Å². The number of hydrogen-bond acceptors (Lipinski definition) is 4. The lowest BCUT2D eigenvalue weighted by atomic mass is 10.1. The van der Waals surface area contributed by atoms with Crippen LogP contribution in [0.5, 0.6) is 0 Å². The minimum atomic E-state index is -0.488. The zero-order chi connectivity index (χ0) is 17.7. The Kier molecular flexibility index (Phi) is 16.1. The smallest absolute Gasteiger partial charge is 0.407 e. The van der Waals surface area contributed by atoms with Crippen LogP contribution in [0.2, 0.25) is 0 Å². The number of thioether (sulfide) groups is 1. The van der Waals surface area contributed by atoms with Gasteiger partial charge in [0.1, 0.15) is 5.60 Å². The number of nitrogens with one attached hydrogen (secondary N) is 3. The molecule has 6 nitrogen and oxygen atoms in total. The van der Waals surface area contributed by atoms with E-state index in [0.717, 1.165) is 37.6 Å². The summed E-state index contributed by atoms with van der Waals surface area (Å²) < 4.78 is 5.32. The molecule has 3 N–H and O–H groups in total. The largest absolute Gasteiger partial charge is 0.444 e. The molecule has 144 valence electrons. The van der Waals surface area contributed by atoms with E-state index in [-0.39, 0.29) is 36.1 Å². The molecular weight excluding hydrogens is 439 g/mol. The Hall–Kier alpha value is -0.380. The molecule has 0 heterocycles. The van der Waals surface area contributed by atoms with Crippen LogP contribution in [0.3, 0.4) is 0 Å². The highest BCUT2D eigenvalue weighted by atomic mass is 127. The van der Waals surface area contributed by atoms with Gasteiger partial charge < -0.3 is 20.7 Å². The van der Waals surface area contributed by atoms with E-state index in [2.05, 4.69) is 34.1 Å². The third-order valence-electron chi connectivity index (χ3n) is 2.77. The van der Waals surface area contributed by atoms with Crippen molar-refractivity contribution in [2.75, 3.05) is 31.6 Å². The quantitative estimate of drug-likeness (QED) is 0.207. The first-order chi connectivity index (χ1) is 10.8. The van der Waals surface area contributed by atoms with Gasteiger partial charge in [0.25, 0.3) is 0 Å². The summed E-state index contributed by atoms with van der Waals surface area (Å²) in [6, 6.07) is -0.0224. The van der Waals surface area contributed by atoms with Crippen LogP contribution in [0.1, 0.15) is 47.5 Å². The van der Waals surface area contributed by atoms with Crippen LogP contribution < -0.4 is 16.0 Å². The number of nitrogens with zero attached hydrogens (tertiary/aromatic N) is 1. The number of alkyl carbamates (subject to hydrolysis) is 1. The number of amides is 1. The SMILES string of the molecule is CCCC(CN=C(NCC)NCCSC)NC(=O)OC(C)(C)C.I. The Morgan fingerprint density at radius 1 is 1.25 bits per heavy atom. The fraction of sp³-hybridized carbons (Fsp3) is 0.875. The highest BCUT2D eigenvalue weighted by molar-refractivity contribution is 14.0. The first-order valence-electron chi connectivity index (χ1n) is 8.33. The third kappa shape index (κ3) is 15.2. The Bertz CT molecular complexity index is 362. The van der Waals surface area contributed by atoms with Crippen molar-refractivity contribution < 1.29 is 9.53 Å². The summed E-state index contributed by atoms with van der Waals surface area (Å²) in [5, 5.41) is 9.41. The standard InChI is InChI=1S/C16H34N4O2S.HI/c1-7-9-13(20-15(21)22-16(3,4)5)12-19-14(17-8-2)18-10-11-23-6;/h13H,7-12H2,1-6H3,(H,20,21)(H2,17,18,19);1H. The van der Waals surface area contributed by atoms with Crippen molar-refractivity contribution in [3.8, 4) is 0 Å². The number of guanidine groups is 1. The van der Waals surface area contributed by atoms with E-state index in [1.54, 1.807) is 11.8 Å². The summed E-state index contributed by atoms with van der Waals surface area (Å²) in [4.78, 5) is 16.5. The van der Waals surface area contributed by atoms with Gasteiger partial charge in [0.2, 0.25) is 0 Å². The number of hydrogen-bond donors (Lipinski definition) is 3. The van der Waals surface area contributed by atoms with E-state index in [1.165, 1.54) is 0 Å². The molecule has 1 unspecified atom stereocenters. The number of aliphatic imine (C=N–C) groups is 1. The lowest BCUT2D eigenvalue weighted by Crippen LogP contribution is -2.43. The van der Waals surface area contributed by atoms with E-state index >= 15 is 0 Å². The zero-order valence-corrected chi connectivity index (χ0v) is 19.0. The molecule has 0 aromatic carbocycles. The Labute approximate surface area is 168 Å². The fourth-order valence-corrected chi connectivity index (χ4v) is 2.15. The van der Waals surface area contributed by atoms with Crippen LogP contribution in [0.4, 0.5) is 4.79 Å². The molecule has 24 heavy (non-hydrogen) atoms. The summed E-state index contributed by atoms with van der Waals surface area (Å²) in [6.07, 6.45) is 3.54. The first-order valence-corrected chi connectivity index (χ1v) is 9.72. The number of carbonyl (C=O) groups excluding carboxylic acids is 1. The minimum Gasteiger partial charge on any atom is -0.444 e. The van der Waals surface area contributed by atoms with Gasteiger partial charge in [-0.25, -0.2) is 4.79 Å². The molecule has 0 aliphatic heterocycles. The van der Waals surface area contributed by atoms with Gasteiger partial charge in [0, 0.05) is 18.8 Å². The molecule has 1 atom stereocenters. The fourth-order valence-electron chi connectivity index (χ4n) is 1.85. The van der Waals surface area contributed by atoms with Gasteiger partial charge in [-0.15, -0.1) is 24.0 Å². The zero-order valence-electron chi connectivity index (χ0n) is 15.9. The molecule has 0 spiro atoms. The molecule has 0 aliphatic rings. The minimum absolute atomic E-state index is 0. The predicted molar refractivity (Wildman–Crippen MR) is 116 cm³/mol. The monoisotopic (exact) mass is 474 g/mol. The van der Waals surface area contributed by atoms with Crippen LogP contribution >= 0.6 is 35.7 Å². The lowest BCUT2D eigenvalue weighted by molar-refractivity contribution is 0.0503. The van der Waals surface area contributed by atoms with Crippen molar-refractivity contribution in [2.45, 2.75) is 59.1 Å². The molecule has 0 radical (unpaired) electrons. The van der Waals surface area contributed by atoms with Crippen LogP contribution in [0.25, 0.3) is 0 Å². The summed E-state index contributed by atoms with van der Waals surface area (Å²) >= 11 is 1.79. The number of carbonyl (C=O) groups is 1. The van der Waals surface area contributed by atoms with Crippen molar-refractivity contribution in [2.24, 2.45) is 4.99 Å². The maximum absolute atomic E-state index is 11.9. The molecular formula is C16H35IN4O2S. The van der Waals surface area contributed by atoms with Crippen LogP contribution in [0.15, 0.2) is 4.99 Å². The van der Waals surface area contributed by atoms with Crippen LogP contribution in [0, 0.1) is 0 Å². The second kappa shape index (κ2) is 14.9. The molecule has 0 bridgehead atoms. The van der Waals surface area contributed by atoms with E-state index < -0.39 is 5.60 Å².